The highest BCUT2D eigenvalue weighted by atomic mass is 32.2. The molecule has 0 saturated heterocycles. The molecule has 0 aliphatic heterocycles. The van der Waals surface area contributed by atoms with Crippen LogP contribution in [0.3, 0.4) is 0 Å². The van der Waals surface area contributed by atoms with Crippen LogP contribution in [0.15, 0.2) is 16.0 Å². The summed E-state index contributed by atoms with van der Waals surface area (Å²) in [5.74, 6) is 0.691. The van der Waals surface area contributed by atoms with Crippen molar-refractivity contribution in [1.29, 1.82) is 0 Å². The number of aryl methyl sites for hydroxylation is 3. The van der Waals surface area contributed by atoms with Crippen LogP contribution in [0.2, 0.25) is 0 Å². The Labute approximate surface area is 173 Å². The van der Waals surface area contributed by atoms with E-state index in [9.17, 15) is 4.79 Å². The van der Waals surface area contributed by atoms with E-state index in [1.54, 1.807) is 29.2 Å². The van der Waals surface area contributed by atoms with Crippen LogP contribution >= 0.6 is 23.1 Å². The molecule has 148 valence electrons. The lowest BCUT2D eigenvalue weighted by Gasteiger charge is -2.16. The quantitative estimate of drug-likeness (QED) is 0.572. The van der Waals surface area contributed by atoms with Gasteiger partial charge in [-0.1, -0.05) is 24.6 Å². The predicted octanol–water partition coefficient (Wildman–Crippen LogP) is 4.86. The highest BCUT2D eigenvalue weighted by Gasteiger charge is 2.23. The smallest absolute Gasteiger partial charge is 0.259 e. The van der Waals surface area contributed by atoms with Crippen molar-refractivity contribution in [2.45, 2.75) is 82.2 Å². The molecule has 2 aliphatic rings. The van der Waals surface area contributed by atoms with Crippen molar-refractivity contribution in [2.75, 3.05) is 0 Å². The van der Waals surface area contributed by atoms with Gasteiger partial charge in [0.25, 0.3) is 5.56 Å². The molecule has 3 aromatic rings. The lowest BCUT2D eigenvalue weighted by molar-refractivity contribution is 0.471. The van der Waals surface area contributed by atoms with Crippen molar-refractivity contribution in [3.8, 4) is 0 Å². The van der Waals surface area contributed by atoms with Gasteiger partial charge in [0.1, 0.15) is 0 Å². The number of hydrogen-bond donors (Lipinski definition) is 0. The molecule has 5 nitrogen and oxygen atoms in total. The van der Waals surface area contributed by atoms with Crippen molar-refractivity contribution in [1.82, 2.24) is 18.9 Å². The van der Waals surface area contributed by atoms with Gasteiger partial charge in [-0.25, -0.2) is 9.97 Å². The van der Waals surface area contributed by atoms with E-state index >= 15 is 0 Å². The predicted molar refractivity (Wildman–Crippen MR) is 115 cm³/mol. The van der Waals surface area contributed by atoms with E-state index in [1.165, 1.54) is 54.8 Å². The third-order valence-electron chi connectivity index (χ3n) is 6.21. The second-order valence-electron chi connectivity index (χ2n) is 8.04. The Morgan fingerprint density at radius 2 is 1.93 bits per heavy atom. The summed E-state index contributed by atoms with van der Waals surface area (Å²) >= 11 is 3.42. The van der Waals surface area contributed by atoms with Crippen LogP contribution in [0.5, 0.6) is 0 Å². The first-order valence-electron chi connectivity index (χ1n) is 10.3. The van der Waals surface area contributed by atoms with E-state index in [2.05, 4.69) is 18.4 Å². The second kappa shape index (κ2) is 7.34. The lowest BCUT2D eigenvalue weighted by Crippen LogP contribution is -2.17. The minimum atomic E-state index is 0.0755. The van der Waals surface area contributed by atoms with Gasteiger partial charge in [0.2, 0.25) is 0 Å². The average molecular weight is 415 g/mol. The number of thioether (sulfide) groups is 1. The molecule has 3 aromatic heterocycles. The van der Waals surface area contributed by atoms with E-state index in [4.69, 9.17) is 9.97 Å². The molecule has 1 saturated carbocycles. The fourth-order valence-electron chi connectivity index (χ4n) is 4.64. The van der Waals surface area contributed by atoms with Gasteiger partial charge in [-0.05, 0) is 52.4 Å². The molecule has 5 rings (SSSR count). The molecule has 28 heavy (non-hydrogen) atoms. The monoisotopic (exact) mass is 414 g/mol. The van der Waals surface area contributed by atoms with Gasteiger partial charge in [0.15, 0.2) is 10.1 Å². The fraction of sp³-hybridized carbons (Fsp3) is 0.571. The van der Waals surface area contributed by atoms with Crippen LogP contribution in [0, 0.1) is 13.8 Å². The maximum Gasteiger partial charge on any atom is 0.259 e. The molecule has 0 radical (unpaired) electrons. The number of fused-ring (bicyclic) bond motifs is 3. The number of hydrogen-bond acceptors (Lipinski definition) is 5. The number of rotatable bonds is 4. The first-order chi connectivity index (χ1) is 13.6. The third-order valence-corrected chi connectivity index (χ3v) is 8.34. The maximum absolute atomic E-state index is 12.8. The molecule has 3 heterocycles. The van der Waals surface area contributed by atoms with Crippen molar-refractivity contribution >= 4 is 28.1 Å². The summed E-state index contributed by atoms with van der Waals surface area (Å²) in [6.45, 7) is 4.27. The van der Waals surface area contributed by atoms with E-state index in [-0.39, 0.29) is 5.56 Å². The number of imidazole rings is 1. The van der Waals surface area contributed by atoms with Gasteiger partial charge in [-0.15, -0.1) is 11.3 Å². The molecular formula is C21H26N4OS2. The molecular weight excluding hydrogens is 388 g/mol. The molecule has 0 amide bonds. The van der Waals surface area contributed by atoms with Crippen molar-refractivity contribution < 1.29 is 0 Å². The Morgan fingerprint density at radius 3 is 2.75 bits per heavy atom. The van der Waals surface area contributed by atoms with Gasteiger partial charge in [-0.2, -0.15) is 0 Å². The second-order valence-corrected chi connectivity index (χ2v) is 10.0. The minimum Gasteiger partial charge on any atom is -0.320 e. The summed E-state index contributed by atoms with van der Waals surface area (Å²) < 4.78 is 4.28. The van der Waals surface area contributed by atoms with Crippen LogP contribution in [-0.4, -0.2) is 18.9 Å². The summed E-state index contributed by atoms with van der Waals surface area (Å²) in [6, 6.07) is 2.30. The van der Waals surface area contributed by atoms with Gasteiger partial charge in [0, 0.05) is 34.1 Å². The molecule has 0 spiro atoms. The third kappa shape index (κ3) is 3.12. The average Bonchev–Trinajstić information content (AvgIpc) is 3.38. The van der Waals surface area contributed by atoms with Crippen LogP contribution in [0.1, 0.15) is 72.2 Å². The first-order valence-corrected chi connectivity index (χ1v) is 12.1. The van der Waals surface area contributed by atoms with Gasteiger partial charge in [0.05, 0.1) is 11.4 Å². The van der Waals surface area contributed by atoms with Gasteiger partial charge in [-0.3, -0.25) is 9.20 Å². The Hall–Kier alpha value is -1.60. The number of thiazole rings is 1. The molecule has 0 atom stereocenters. The normalized spacial score (nSPS) is 17.5. The van der Waals surface area contributed by atoms with Crippen LogP contribution in [0.25, 0.3) is 4.96 Å². The molecule has 1 fully saturated rings. The van der Waals surface area contributed by atoms with Gasteiger partial charge >= 0.3 is 0 Å². The maximum atomic E-state index is 12.8. The largest absolute Gasteiger partial charge is 0.320 e. The molecule has 0 aromatic carbocycles. The van der Waals surface area contributed by atoms with Crippen molar-refractivity contribution in [2.24, 2.45) is 0 Å². The Balaban J connectivity index is 1.44. The first kappa shape index (κ1) is 18.4. The molecule has 0 bridgehead atoms. The zero-order valence-electron chi connectivity index (χ0n) is 16.5. The highest BCUT2D eigenvalue weighted by Crippen LogP contribution is 2.36. The summed E-state index contributed by atoms with van der Waals surface area (Å²) in [7, 11) is 0. The van der Waals surface area contributed by atoms with E-state index in [0.29, 0.717) is 11.8 Å². The lowest BCUT2D eigenvalue weighted by atomic mass is 10.0. The molecule has 7 heteroatoms. The van der Waals surface area contributed by atoms with Crippen LogP contribution < -0.4 is 5.56 Å². The Morgan fingerprint density at radius 1 is 1.14 bits per heavy atom. The van der Waals surface area contributed by atoms with Crippen molar-refractivity contribution in [3.63, 3.8) is 0 Å². The van der Waals surface area contributed by atoms with Gasteiger partial charge < -0.3 is 4.57 Å². The SMILES string of the molecule is Cc1nc(SCc2cc(=O)n3c4c(sc3n2)CCCC4)n(C2CCCC2)c1C. The number of aromatic nitrogens is 4. The molecule has 2 aliphatic carbocycles. The molecule has 0 N–H and O–H groups in total. The molecule has 0 unspecified atom stereocenters. The summed E-state index contributed by atoms with van der Waals surface area (Å²) in [4.78, 5) is 24.7. The topological polar surface area (TPSA) is 52.2 Å². The minimum absolute atomic E-state index is 0.0755. The van der Waals surface area contributed by atoms with E-state index in [1.807, 2.05) is 4.40 Å². The van der Waals surface area contributed by atoms with E-state index in [0.717, 1.165) is 34.3 Å². The summed E-state index contributed by atoms with van der Waals surface area (Å²) in [6.07, 6.45) is 9.60. The summed E-state index contributed by atoms with van der Waals surface area (Å²) in [5, 5.41) is 1.08. The van der Waals surface area contributed by atoms with E-state index < -0.39 is 0 Å². The highest BCUT2D eigenvalue weighted by molar-refractivity contribution is 7.98. The standard InChI is InChI=1S/C21H26N4OS2/c1-13-14(2)24(16-7-3-4-8-16)20(22-13)27-12-15-11-19(26)25-17-9-5-6-10-18(17)28-21(25)23-15/h11,16H,3-10,12H2,1-2H3. The summed E-state index contributed by atoms with van der Waals surface area (Å²) in [5.41, 5.74) is 4.54. The zero-order valence-corrected chi connectivity index (χ0v) is 18.2. The van der Waals surface area contributed by atoms with Crippen LogP contribution in [-0.2, 0) is 18.6 Å². The van der Waals surface area contributed by atoms with Crippen molar-refractivity contribution in [3.05, 3.63) is 44.1 Å². The number of nitrogens with zero attached hydrogens (tertiary/aromatic N) is 4. The zero-order chi connectivity index (χ0) is 19.3. The fourth-order valence-corrected chi connectivity index (χ4v) is 6.93. The Kier molecular flexibility index (Phi) is 4.83. The Bertz CT molecular complexity index is 1090. The van der Waals surface area contributed by atoms with Crippen LogP contribution in [0.4, 0.5) is 0 Å².